The number of methoxy groups -OCH3 is 1. The van der Waals surface area contributed by atoms with Crippen LogP contribution in [0.1, 0.15) is 11.1 Å². The van der Waals surface area contributed by atoms with Crippen molar-refractivity contribution in [2.75, 3.05) is 12.4 Å². The summed E-state index contributed by atoms with van der Waals surface area (Å²) >= 11 is 0. The Balaban J connectivity index is 3.44. The minimum absolute atomic E-state index is 0.283. The van der Waals surface area contributed by atoms with E-state index < -0.39 is 35.3 Å². The minimum atomic E-state index is -5.28. The highest BCUT2D eigenvalue weighted by atomic mass is 19.4. The van der Waals surface area contributed by atoms with Gasteiger partial charge in [0.25, 0.3) is 0 Å². The predicted molar refractivity (Wildman–Crippen MR) is 52.5 cm³/mol. The van der Waals surface area contributed by atoms with E-state index in [0.717, 1.165) is 13.2 Å². The molecule has 1 rings (SSSR count). The summed E-state index contributed by atoms with van der Waals surface area (Å²) in [4.78, 5) is 10.8. The van der Waals surface area contributed by atoms with Crippen LogP contribution >= 0.6 is 0 Å². The first-order chi connectivity index (χ1) is 8.57. The van der Waals surface area contributed by atoms with E-state index in [1.54, 1.807) is 5.32 Å². The molecule has 0 atom stereocenters. The highest BCUT2D eigenvalue weighted by Crippen LogP contribution is 2.43. The zero-order valence-corrected chi connectivity index (χ0v) is 9.32. The van der Waals surface area contributed by atoms with E-state index in [-0.39, 0.29) is 6.07 Å². The van der Waals surface area contributed by atoms with Crippen LogP contribution in [-0.2, 0) is 17.1 Å². The molecule has 19 heavy (non-hydrogen) atoms. The maximum Gasteiger partial charge on any atom is 0.419 e. The van der Waals surface area contributed by atoms with Crippen molar-refractivity contribution < 1.29 is 35.9 Å². The van der Waals surface area contributed by atoms with E-state index in [1.165, 1.54) is 0 Å². The highest BCUT2D eigenvalue weighted by molar-refractivity contribution is 5.86. The SMILES string of the molecule is COC(=O)Nc1cccc(C(F)(F)F)c1C(F)(F)F. The molecular weight excluding hydrogens is 280 g/mol. The van der Waals surface area contributed by atoms with Crippen molar-refractivity contribution in [1.82, 2.24) is 0 Å². The summed E-state index contributed by atoms with van der Waals surface area (Å²) < 4.78 is 79.8. The van der Waals surface area contributed by atoms with E-state index in [2.05, 4.69) is 4.74 Å². The van der Waals surface area contributed by atoms with Gasteiger partial charge in [-0.15, -0.1) is 0 Å². The summed E-state index contributed by atoms with van der Waals surface area (Å²) in [6.45, 7) is 0. The number of ether oxygens (including phenoxy) is 1. The van der Waals surface area contributed by atoms with Crippen LogP contribution in [0.2, 0.25) is 0 Å². The average Bonchev–Trinajstić information content (AvgIpc) is 2.25. The van der Waals surface area contributed by atoms with E-state index in [1.807, 2.05) is 0 Å². The van der Waals surface area contributed by atoms with Crippen molar-refractivity contribution in [3.63, 3.8) is 0 Å². The second kappa shape index (κ2) is 4.98. The van der Waals surface area contributed by atoms with Crippen LogP contribution in [0, 0.1) is 0 Å². The van der Waals surface area contributed by atoms with Gasteiger partial charge in [-0.3, -0.25) is 5.32 Å². The molecule has 3 nitrogen and oxygen atoms in total. The number of amides is 1. The Labute approximate surface area is 103 Å². The van der Waals surface area contributed by atoms with Gasteiger partial charge in [0, 0.05) is 0 Å². The molecule has 0 unspecified atom stereocenters. The van der Waals surface area contributed by atoms with Gasteiger partial charge >= 0.3 is 18.4 Å². The van der Waals surface area contributed by atoms with Gasteiger partial charge in [0.2, 0.25) is 0 Å². The van der Waals surface area contributed by atoms with Gasteiger partial charge in [-0.25, -0.2) is 4.79 Å². The molecule has 9 heteroatoms. The van der Waals surface area contributed by atoms with Gasteiger partial charge in [0.1, 0.15) is 0 Å². The summed E-state index contributed by atoms with van der Waals surface area (Å²) in [6.07, 6.45) is -11.8. The number of hydrogen-bond donors (Lipinski definition) is 1. The fourth-order valence-electron chi connectivity index (χ4n) is 1.36. The second-order valence-electron chi connectivity index (χ2n) is 3.34. The van der Waals surface area contributed by atoms with Crippen LogP contribution in [-0.4, -0.2) is 13.2 Å². The third-order valence-corrected chi connectivity index (χ3v) is 2.08. The van der Waals surface area contributed by atoms with E-state index >= 15 is 0 Å². The van der Waals surface area contributed by atoms with Crippen LogP contribution in [0.5, 0.6) is 0 Å². The Hall–Kier alpha value is -1.93. The van der Waals surface area contributed by atoms with E-state index in [4.69, 9.17) is 0 Å². The third kappa shape index (κ3) is 3.52. The Bertz CT molecular complexity index is 480. The summed E-state index contributed by atoms with van der Waals surface area (Å²) in [6, 6.07) is 1.74. The maximum absolute atomic E-state index is 12.7. The molecule has 0 bridgehead atoms. The minimum Gasteiger partial charge on any atom is -0.453 e. The van der Waals surface area contributed by atoms with Crippen molar-refractivity contribution in [3.8, 4) is 0 Å². The molecule has 0 heterocycles. The zero-order chi connectivity index (χ0) is 14.8. The Morgan fingerprint density at radius 2 is 1.68 bits per heavy atom. The lowest BCUT2D eigenvalue weighted by Gasteiger charge is -2.18. The number of halogens is 6. The van der Waals surface area contributed by atoms with Crippen LogP contribution in [0.25, 0.3) is 0 Å². The number of nitrogens with one attached hydrogen (secondary N) is 1. The molecule has 0 saturated heterocycles. The summed E-state index contributed by atoms with van der Waals surface area (Å²) in [5, 5.41) is 1.60. The van der Waals surface area contributed by atoms with E-state index in [0.29, 0.717) is 6.07 Å². The van der Waals surface area contributed by atoms with Gasteiger partial charge in [-0.2, -0.15) is 26.3 Å². The summed E-state index contributed by atoms with van der Waals surface area (Å²) in [5.41, 5.74) is -4.86. The quantitative estimate of drug-likeness (QED) is 0.795. The van der Waals surface area contributed by atoms with Crippen LogP contribution in [0.4, 0.5) is 36.8 Å². The first kappa shape index (κ1) is 15.1. The van der Waals surface area contributed by atoms with Gasteiger partial charge in [0.05, 0.1) is 23.9 Å². The number of anilines is 1. The first-order valence-electron chi connectivity index (χ1n) is 4.69. The van der Waals surface area contributed by atoms with E-state index in [9.17, 15) is 31.1 Å². The van der Waals surface area contributed by atoms with Gasteiger partial charge < -0.3 is 4.74 Å². The summed E-state index contributed by atoms with van der Waals surface area (Å²) in [7, 11) is 0.871. The lowest BCUT2D eigenvalue weighted by atomic mass is 10.0. The molecule has 0 aromatic heterocycles. The monoisotopic (exact) mass is 287 g/mol. The number of alkyl halides is 6. The topological polar surface area (TPSA) is 38.3 Å². The highest BCUT2D eigenvalue weighted by Gasteiger charge is 2.45. The molecule has 0 aliphatic rings. The smallest absolute Gasteiger partial charge is 0.419 e. The number of benzene rings is 1. The molecule has 1 aromatic rings. The van der Waals surface area contributed by atoms with Crippen molar-refractivity contribution in [3.05, 3.63) is 29.3 Å². The normalized spacial score (nSPS) is 12.2. The number of rotatable bonds is 1. The lowest BCUT2D eigenvalue weighted by molar-refractivity contribution is -0.161. The van der Waals surface area contributed by atoms with Crippen molar-refractivity contribution in [2.24, 2.45) is 0 Å². The van der Waals surface area contributed by atoms with Crippen molar-refractivity contribution in [1.29, 1.82) is 0 Å². The van der Waals surface area contributed by atoms with Crippen LogP contribution < -0.4 is 5.32 Å². The van der Waals surface area contributed by atoms with Crippen LogP contribution in [0.3, 0.4) is 0 Å². The molecule has 0 spiro atoms. The molecule has 0 fully saturated rings. The van der Waals surface area contributed by atoms with Gasteiger partial charge in [0.15, 0.2) is 0 Å². The Morgan fingerprint density at radius 1 is 1.11 bits per heavy atom. The van der Waals surface area contributed by atoms with Crippen LogP contribution in [0.15, 0.2) is 18.2 Å². The first-order valence-corrected chi connectivity index (χ1v) is 4.69. The molecule has 106 valence electrons. The Morgan fingerprint density at radius 3 is 2.11 bits per heavy atom. The molecule has 0 radical (unpaired) electrons. The average molecular weight is 287 g/mol. The third-order valence-electron chi connectivity index (χ3n) is 2.08. The fraction of sp³-hybridized carbons (Fsp3) is 0.300. The van der Waals surface area contributed by atoms with Gasteiger partial charge in [-0.05, 0) is 12.1 Å². The van der Waals surface area contributed by atoms with Crippen molar-refractivity contribution >= 4 is 11.8 Å². The fourth-order valence-corrected chi connectivity index (χ4v) is 1.36. The molecule has 1 amide bonds. The second-order valence-corrected chi connectivity index (χ2v) is 3.34. The molecule has 0 aliphatic carbocycles. The molecule has 1 N–H and O–H groups in total. The molecule has 1 aromatic carbocycles. The molecule has 0 aliphatic heterocycles. The standard InChI is InChI=1S/C10H7F6NO2/c1-19-8(18)17-6-4-2-3-5(9(11,12)13)7(6)10(14,15)16/h2-4H,1H3,(H,17,18). The number of carbonyl (C=O) groups is 1. The number of hydrogen-bond acceptors (Lipinski definition) is 2. The zero-order valence-electron chi connectivity index (χ0n) is 9.32. The van der Waals surface area contributed by atoms with Crippen molar-refractivity contribution in [2.45, 2.75) is 12.4 Å². The van der Waals surface area contributed by atoms with Gasteiger partial charge in [-0.1, -0.05) is 6.07 Å². The lowest BCUT2D eigenvalue weighted by Crippen LogP contribution is -2.21. The predicted octanol–water partition coefficient (Wildman–Crippen LogP) is 3.90. The number of carbonyl (C=O) groups excluding carboxylic acids is 1. The largest absolute Gasteiger partial charge is 0.453 e. The summed E-state index contributed by atoms with van der Waals surface area (Å²) in [5.74, 6) is 0. The Kier molecular flexibility index (Phi) is 3.97. The molecular formula is C10H7F6NO2. The molecule has 0 saturated carbocycles. The maximum atomic E-state index is 12.7.